The number of benzene rings is 2. The average Bonchev–Trinajstić information content (AvgIpc) is 2.74. The lowest BCUT2D eigenvalue weighted by atomic mass is 10.1. The molecule has 1 N–H and O–H groups in total. The molecule has 2 aromatic carbocycles. The molecule has 6 heteroatoms. The van der Waals surface area contributed by atoms with Gasteiger partial charge < -0.3 is 19.7 Å². The van der Waals surface area contributed by atoms with Crippen LogP contribution in [0.3, 0.4) is 0 Å². The van der Waals surface area contributed by atoms with E-state index >= 15 is 0 Å². The van der Waals surface area contributed by atoms with E-state index in [1.165, 1.54) is 0 Å². The molecule has 6 nitrogen and oxygen atoms in total. The summed E-state index contributed by atoms with van der Waals surface area (Å²) in [5.41, 5.74) is 1.16. The van der Waals surface area contributed by atoms with Gasteiger partial charge in [-0.15, -0.1) is 0 Å². The van der Waals surface area contributed by atoms with Crippen molar-refractivity contribution in [2.24, 2.45) is 0 Å². The molecule has 2 amide bonds. The van der Waals surface area contributed by atoms with Gasteiger partial charge in [-0.05, 0) is 62.6 Å². The molecule has 3 rings (SSSR count). The molecule has 0 atom stereocenters. The number of para-hydroxylation sites is 1. The van der Waals surface area contributed by atoms with Crippen LogP contribution in [0.4, 0.5) is 5.69 Å². The summed E-state index contributed by atoms with van der Waals surface area (Å²) in [6, 6.07) is 14.2. The number of carbonyl (C=O) groups is 2. The summed E-state index contributed by atoms with van der Waals surface area (Å²) in [4.78, 5) is 26.8. The molecule has 28 heavy (non-hydrogen) atoms. The summed E-state index contributed by atoms with van der Waals surface area (Å²) in [6.45, 7) is 3.88. The lowest BCUT2D eigenvalue weighted by Gasteiger charge is -2.27. The molecule has 0 radical (unpaired) electrons. The summed E-state index contributed by atoms with van der Waals surface area (Å²) in [5.74, 6) is 0.855. The molecule has 0 spiro atoms. The van der Waals surface area contributed by atoms with Crippen molar-refractivity contribution < 1.29 is 19.1 Å². The average molecular weight is 382 g/mol. The number of amides is 2. The van der Waals surface area contributed by atoms with Gasteiger partial charge in [-0.3, -0.25) is 9.59 Å². The van der Waals surface area contributed by atoms with E-state index in [-0.39, 0.29) is 18.4 Å². The van der Waals surface area contributed by atoms with Gasteiger partial charge in [-0.1, -0.05) is 12.1 Å². The monoisotopic (exact) mass is 382 g/mol. The minimum atomic E-state index is -0.288. The van der Waals surface area contributed by atoms with Crippen LogP contribution >= 0.6 is 0 Å². The Hall–Kier alpha value is -3.02. The van der Waals surface area contributed by atoms with Crippen molar-refractivity contribution >= 4 is 17.5 Å². The summed E-state index contributed by atoms with van der Waals surface area (Å²) in [7, 11) is 0. The maximum Gasteiger partial charge on any atom is 0.262 e. The van der Waals surface area contributed by atoms with E-state index in [2.05, 4.69) is 5.32 Å². The van der Waals surface area contributed by atoms with E-state index in [1.807, 2.05) is 17.9 Å². The second-order valence-electron chi connectivity index (χ2n) is 6.64. The molecule has 2 aromatic rings. The van der Waals surface area contributed by atoms with E-state index in [1.54, 1.807) is 42.5 Å². The Labute approximate surface area is 165 Å². The highest BCUT2D eigenvalue weighted by atomic mass is 16.5. The quantitative estimate of drug-likeness (QED) is 0.792. The van der Waals surface area contributed by atoms with Crippen LogP contribution in [0.25, 0.3) is 0 Å². The van der Waals surface area contributed by atoms with E-state index in [0.717, 1.165) is 38.1 Å². The largest absolute Gasteiger partial charge is 0.494 e. The van der Waals surface area contributed by atoms with Gasteiger partial charge in [0.2, 0.25) is 0 Å². The number of nitrogens with one attached hydrogen (secondary N) is 1. The number of nitrogens with zero attached hydrogens (tertiary/aromatic N) is 1. The first-order valence-corrected chi connectivity index (χ1v) is 9.71. The molecule has 1 aliphatic heterocycles. The number of likely N-dealkylation sites (tertiary alicyclic amines) is 1. The fourth-order valence-corrected chi connectivity index (χ4v) is 3.18. The molecule has 1 aliphatic rings. The highest BCUT2D eigenvalue weighted by molar-refractivity contribution is 5.97. The Morgan fingerprint density at radius 2 is 1.68 bits per heavy atom. The Morgan fingerprint density at radius 3 is 2.39 bits per heavy atom. The number of piperidine rings is 1. The van der Waals surface area contributed by atoms with Crippen LogP contribution in [-0.2, 0) is 4.79 Å². The number of anilines is 1. The van der Waals surface area contributed by atoms with E-state index in [4.69, 9.17) is 9.47 Å². The van der Waals surface area contributed by atoms with Crippen molar-refractivity contribution in [1.82, 2.24) is 4.90 Å². The standard InChI is InChI=1S/C22H26N2O4/c1-2-27-18-12-10-17(11-13-18)23-21(25)16-28-20-9-5-4-8-19(20)22(26)24-14-6-3-7-15-24/h4-5,8-13H,2-3,6-7,14-16H2,1H3,(H,23,25). The molecule has 148 valence electrons. The normalized spacial score (nSPS) is 13.7. The SMILES string of the molecule is CCOc1ccc(NC(=O)COc2ccccc2C(=O)N2CCCCC2)cc1. The zero-order chi connectivity index (χ0) is 19.8. The third-order valence-corrected chi connectivity index (χ3v) is 4.57. The van der Waals surface area contributed by atoms with Crippen LogP contribution in [0.2, 0.25) is 0 Å². The van der Waals surface area contributed by atoms with E-state index < -0.39 is 0 Å². The van der Waals surface area contributed by atoms with Gasteiger partial charge in [0.15, 0.2) is 6.61 Å². The summed E-state index contributed by atoms with van der Waals surface area (Å²) >= 11 is 0. The van der Waals surface area contributed by atoms with Gasteiger partial charge in [0, 0.05) is 18.8 Å². The lowest BCUT2D eigenvalue weighted by molar-refractivity contribution is -0.118. The second kappa shape index (κ2) is 9.78. The van der Waals surface area contributed by atoms with Crippen LogP contribution < -0.4 is 14.8 Å². The zero-order valence-corrected chi connectivity index (χ0v) is 16.1. The molecule has 1 saturated heterocycles. The second-order valence-corrected chi connectivity index (χ2v) is 6.64. The minimum absolute atomic E-state index is 0.0396. The van der Waals surface area contributed by atoms with Gasteiger partial charge in [0.25, 0.3) is 11.8 Å². The summed E-state index contributed by atoms with van der Waals surface area (Å²) in [5, 5.41) is 2.78. The molecular formula is C22H26N2O4. The molecule has 0 aliphatic carbocycles. The molecule has 1 fully saturated rings. The van der Waals surface area contributed by atoms with Gasteiger partial charge >= 0.3 is 0 Å². The van der Waals surface area contributed by atoms with Gasteiger partial charge in [-0.2, -0.15) is 0 Å². The Bertz CT molecular complexity index is 798. The topological polar surface area (TPSA) is 67.9 Å². The van der Waals surface area contributed by atoms with Crippen molar-refractivity contribution in [2.45, 2.75) is 26.2 Å². The highest BCUT2D eigenvalue weighted by Crippen LogP contribution is 2.22. The number of carbonyl (C=O) groups excluding carboxylic acids is 2. The van der Waals surface area contributed by atoms with Crippen molar-refractivity contribution in [3.63, 3.8) is 0 Å². The summed E-state index contributed by atoms with van der Waals surface area (Å²) in [6.07, 6.45) is 3.21. The third kappa shape index (κ3) is 5.25. The van der Waals surface area contributed by atoms with E-state index in [9.17, 15) is 9.59 Å². The third-order valence-electron chi connectivity index (χ3n) is 4.57. The first-order valence-electron chi connectivity index (χ1n) is 9.71. The van der Waals surface area contributed by atoms with Crippen LogP contribution in [0.1, 0.15) is 36.5 Å². The van der Waals surface area contributed by atoms with Crippen molar-refractivity contribution in [2.75, 3.05) is 31.6 Å². The van der Waals surface area contributed by atoms with Crippen molar-refractivity contribution in [3.05, 3.63) is 54.1 Å². The number of hydrogen-bond acceptors (Lipinski definition) is 4. The molecule has 0 bridgehead atoms. The maximum atomic E-state index is 12.8. The molecule has 0 saturated carbocycles. The van der Waals surface area contributed by atoms with Crippen LogP contribution in [0.15, 0.2) is 48.5 Å². The van der Waals surface area contributed by atoms with Crippen LogP contribution in [0, 0.1) is 0 Å². The molecule has 0 unspecified atom stereocenters. The van der Waals surface area contributed by atoms with Gasteiger partial charge in [0.1, 0.15) is 11.5 Å². The predicted octanol–water partition coefficient (Wildman–Crippen LogP) is 3.73. The number of ether oxygens (including phenoxy) is 2. The number of hydrogen-bond donors (Lipinski definition) is 1. The highest BCUT2D eigenvalue weighted by Gasteiger charge is 2.21. The van der Waals surface area contributed by atoms with E-state index in [0.29, 0.717) is 23.6 Å². The van der Waals surface area contributed by atoms with Crippen LogP contribution in [-0.4, -0.2) is 43.0 Å². The Kier molecular flexibility index (Phi) is 6.89. The molecule has 1 heterocycles. The lowest BCUT2D eigenvalue weighted by Crippen LogP contribution is -2.35. The van der Waals surface area contributed by atoms with Gasteiger partial charge in [-0.25, -0.2) is 0 Å². The minimum Gasteiger partial charge on any atom is -0.494 e. The predicted molar refractivity (Wildman–Crippen MR) is 108 cm³/mol. The Morgan fingerprint density at radius 1 is 0.964 bits per heavy atom. The fourth-order valence-electron chi connectivity index (χ4n) is 3.18. The van der Waals surface area contributed by atoms with Crippen molar-refractivity contribution in [1.29, 1.82) is 0 Å². The van der Waals surface area contributed by atoms with Crippen LogP contribution in [0.5, 0.6) is 11.5 Å². The first kappa shape index (κ1) is 19.7. The molecule has 0 aromatic heterocycles. The maximum absolute atomic E-state index is 12.8. The summed E-state index contributed by atoms with van der Waals surface area (Å²) < 4.78 is 11.0. The van der Waals surface area contributed by atoms with Crippen molar-refractivity contribution in [3.8, 4) is 11.5 Å². The molecular weight excluding hydrogens is 356 g/mol. The fraction of sp³-hybridized carbons (Fsp3) is 0.364. The zero-order valence-electron chi connectivity index (χ0n) is 16.1. The Balaban J connectivity index is 1.58. The van der Waals surface area contributed by atoms with Gasteiger partial charge in [0.05, 0.1) is 12.2 Å². The first-order chi connectivity index (χ1) is 13.7. The number of rotatable bonds is 7. The smallest absolute Gasteiger partial charge is 0.262 e.